The zero-order valence-corrected chi connectivity index (χ0v) is 21.8. The lowest BCUT2D eigenvalue weighted by molar-refractivity contribution is -0.142. The number of hydrogen-bond acceptors (Lipinski definition) is 8. The fraction of sp³-hybridized carbons (Fsp3) is 0.522. The smallest absolute Gasteiger partial charge is 0.326 e. The molecule has 0 aromatic heterocycles. The van der Waals surface area contributed by atoms with Crippen LogP contribution in [-0.4, -0.2) is 76.3 Å². The predicted octanol–water partition coefficient (Wildman–Crippen LogP) is -1.56. The molecule has 4 atom stereocenters. The highest BCUT2D eigenvalue weighted by molar-refractivity contribution is 7.80. The van der Waals surface area contributed by atoms with Crippen LogP contribution in [0, 0.1) is 5.92 Å². The lowest BCUT2D eigenvalue weighted by atomic mass is 10.00. The summed E-state index contributed by atoms with van der Waals surface area (Å²) in [6.45, 7) is 3.56. The number of aliphatic carboxylic acids is 1. The van der Waals surface area contributed by atoms with Crippen molar-refractivity contribution in [3.05, 3.63) is 29.8 Å². The molecular formula is C23H37N7O6S. The van der Waals surface area contributed by atoms with Crippen molar-refractivity contribution in [2.75, 3.05) is 12.3 Å². The van der Waals surface area contributed by atoms with Crippen LogP contribution >= 0.6 is 12.6 Å². The van der Waals surface area contributed by atoms with Crippen molar-refractivity contribution in [1.82, 2.24) is 16.0 Å². The van der Waals surface area contributed by atoms with Crippen LogP contribution in [0.15, 0.2) is 29.3 Å². The van der Waals surface area contributed by atoms with Crippen molar-refractivity contribution >= 4 is 42.3 Å². The molecule has 0 aliphatic carbocycles. The fourth-order valence-electron chi connectivity index (χ4n) is 3.25. The number of benzene rings is 1. The minimum absolute atomic E-state index is 0.0358. The van der Waals surface area contributed by atoms with Gasteiger partial charge in [0.25, 0.3) is 0 Å². The summed E-state index contributed by atoms with van der Waals surface area (Å²) in [7, 11) is 0. The van der Waals surface area contributed by atoms with Crippen molar-refractivity contribution in [3.8, 4) is 5.75 Å². The van der Waals surface area contributed by atoms with Gasteiger partial charge in [-0.05, 0) is 36.5 Å². The second-order valence-electron chi connectivity index (χ2n) is 8.80. The number of guanidine groups is 1. The molecule has 11 N–H and O–H groups in total. The van der Waals surface area contributed by atoms with E-state index < -0.39 is 53.8 Å². The molecule has 4 unspecified atom stereocenters. The number of nitrogens with one attached hydrogen (secondary N) is 3. The van der Waals surface area contributed by atoms with Gasteiger partial charge in [0.15, 0.2) is 5.96 Å². The molecule has 1 rings (SSSR count). The van der Waals surface area contributed by atoms with Gasteiger partial charge >= 0.3 is 5.97 Å². The highest BCUT2D eigenvalue weighted by Gasteiger charge is 2.31. The Labute approximate surface area is 221 Å². The first-order chi connectivity index (χ1) is 17.3. The molecule has 0 spiro atoms. The third-order valence-corrected chi connectivity index (χ3v) is 5.74. The second kappa shape index (κ2) is 15.6. The average molecular weight is 540 g/mol. The third-order valence-electron chi connectivity index (χ3n) is 5.35. The lowest BCUT2D eigenvalue weighted by Gasteiger charge is -2.27. The SMILES string of the molecule is CC(C)C(NC(=O)C(Cc1ccc(O)cc1)NC(=O)C(N)CS)C(=O)NC(CCCN=C(N)N)C(=O)O. The molecule has 0 fully saturated rings. The Morgan fingerprint density at radius 3 is 2.08 bits per heavy atom. The molecule has 1 aromatic carbocycles. The molecule has 14 heteroatoms. The molecule has 0 bridgehead atoms. The number of carbonyl (C=O) groups excluding carboxylic acids is 3. The second-order valence-corrected chi connectivity index (χ2v) is 9.16. The number of carboxylic acids is 1. The Morgan fingerprint density at radius 1 is 0.973 bits per heavy atom. The molecule has 0 heterocycles. The van der Waals surface area contributed by atoms with Gasteiger partial charge in [-0.3, -0.25) is 19.4 Å². The first kappa shape index (κ1) is 31.5. The molecule has 0 radical (unpaired) electrons. The number of nitrogens with zero attached hydrogens (tertiary/aromatic N) is 1. The number of thiol groups is 1. The topological polar surface area (TPSA) is 235 Å². The number of phenolic OH excluding ortho intramolecular Hbond substituents is 1. The van der Waals surface area contributed by atoms with Gasteiger partial charge in [0.2, 0.25) is 17.7 Å². The van der Waals surface area contributed by atoms with E-state index in [2.05, 4.69) is 33.6 Å². The zero-order valence-electron chi connectivity index (χ0n) is 20.9. The maximum Gasteiger partial charge on any atom is 0.326 e. The molecule has 13 nitrogen and oxygen atoms in total. The van der Waals surface area contributed by atoms with Crippen molar-refractivity contribution in [2.45, 2.75) is 57.3 Å². The number of carboxylic acid groups (broad SMARTS) is 1. The fourth-order valence-corrected chi connectivity index (χ4v) is 3.42. The Hall–Kier alpha value is -3.52. The first-order valence-electron chi connectivity index (χ1n) is 11.7. The van der Waals surface area contributed by atoms with E-state index in [0.29, 0.717) is 12.0 Å². The summed E-state index contributed by atoms with van der Waals surface area (Å²) in [6.07, 6.45) is 0.421. The number of aromatic hydroxyl groups is 1. The van der Waals surface area contributed by atoms with Crippen LogP contribution in [0.25, 0.3) is 0 Å². The standard InChI is InChI=1S/C23H37N7O6S/c1-12(2)18(21(34)28-16(22(35)36)4-3-9-27-23(25)26)30-20(33)17(29-19(32)15(24)11-37)10-13-5-7-14(31)8-6-13/h5-8,12,15-18,31,37H,3-4,9-11,24H2,1-2H3,(H,28,34)(H,29,32)(H,30,33)(H,35,36)(H4,25,26,27). The maximum atomic E-state index is 13.2. The Kier molecular flexibility index (Phi) is 13.3. The highest BCUT2D eigenvalue weighted by atomic mass is 32.1. The van der Waals surface area contributed by atoms with E-state index in [4.69, 9.17) is 17.2 Å². The van der Waals surface area contributed by atoms with Crippen LogP contribution in [0.4, 0.5) is 0 Å². The molecule has 1 aromatic rings. The number of nitrogens with two attached hydrogens (primary N) is 3. The third kappa shape index (κ3) is 11.4. The van der Waals surface area contributed by atoms with Gasteiger partial charge in [0.1, 0.15) is 23.9 Å². The predicted molar refractivity (Wildman–Crippen MR) is 142 cm³/mol. The maximum absolute atomic E-state index is 13.2. The molecule has 3 amide bonds. The van der Waals surface area contributed by atoms with Crippen LogP contribution in [-0.2, 0) is 25.6 Å². The zero-order chi connectivity index (χ0) is 28.1. The minimum atomic E-state index is -1.25. The summed E-state index contributed by atoms with van der Waals surface area (Å²) in [6, 6.07) is 1.68. The van der Waals surface area contributed by atoms with E-state index in [1.54, 1.807) is 26.0 Å². The van der Waals surface area contributed by atoms with E-state index in [-0.39, 0.29) is 36.8 Å². The summed E-state index contributed by atoms with van der Waals surface area (Å²) in [5.74, 6) is -3.66. The summed E-state index contributed by atoms with van der Waals surface area (Å²) in [5, 5.41) is 26.7. The number of phenols is 1. The van der Waals surface area contributed by atoms with Gasteiger partial charge in [-0.2, -0.15) is 12.6 Å². The minimum Gasteiger partial charge on any atom is -0.508 e. The van der Waals surface area contributed by atoms with Crippen molar-refractivity contribution in [1.29, 1.82) is 0 Å². The molecule has 0 saturated carbocycles. The number of amides is 3. The highest BCUT2D eigenvalue weighted by Crippen LogP contribution is 2.12. The van der Waals surface area contributed by atoms with Crippen molar-refractivity contribution in [2.24, 2.45) is 28.1 Å². The van der Waals surface area contributed by atoms with Crippen LogP contribution in [0.5, 0.6) is 5.75 Å². The van der Waals surface area contributed by atoms with Crippen LogP contribution in [0.3, 0.4) is 0 Å². The monoisotopic (exact) mass is 539 g/mol. The summed E-state index contributed by atoms with van der Waals surface area (Å²) in [5.41, 5.74) is 16.9. The summed E-state index contributed by atoms with van der Waals surface area (Å²) < 4.78 is 0. The molecular weight excluding hydrogens is 502 g/mol. The van der Waals surface area contributed by atoms with Crippen LogP contribution < -0.4 is 33.2 Å². The number of aliphatic imine (C=N–C) groups is 1. The van der Waals surface area contributed by atoms with Crippen molar-refractivity contribution in [3.63, 3.8) is 0 Å². The van der Waals surface area contributed by atoms with E-state index in [1.165, 1.54) is 12.1 Å². The van der Waals surface area contributed by atoms with E-state index in [1.807, 2.05) is 0 Å². The normalized spacial score (nSPS) is 14.1. The van der Waals surface area contributed by atoms with E-state index >= 15 is 0 Å². The molecule has 0 aliphatic rings. The van der Waals surface area contributed by atoms with Crippen molar-refractivity contribution < 1.29 is 29.4 Å². The molecule has 0 saturated heterocycles. The summed E-state index contributed by atoms with van der Waals surface area (Å²) >= 11 is 4.00. The molecule has 206 valence electrons. The first-order valence-corrected chi connectivity index (χ1v) is 12.3. The number of carbonyl (C=O) groups is 4. The van der Waals surface area contributed by atoms with E-state index in [0.717, 1.165) is 0 Å². The molecule has 37 heavy (non-hydrogen) atoms. The number of rotatable bonds is 15. The Morgan fingerprint density at radius 2 is 1.57 bits per heavy atom. The van der Waals surface area contributed by atoms with Gasteiger partial charge in [-0.25, -0.2) is 4.79 Å². The van der Waals surface area contributed by atoms with Gasteiger partial charge in [0.05, 0.1) is 6.04 Å². The van der Waals surface area contributed by atoms with Gasteiger partial charge in [-0.15, -0.1) is 0 Å². The number of hydrogen-bond donors (Lipinski definition) is 9. The van der Waals surface area contributed by atoms with Gasteiger partial charge in [-0.1, -0.05) is 26.0 Å². The molecule has 0 aliphatic heterocycles. The quantitative estimate of drug-likeness (QED) is 0.0541. The average Bonchev–Trinajstić information content (AvgIpc) is 2.83. The Balaban J connectivity index is 3.01. The van der Waals surface area contributed by atoms with Crippen LogP contribution in [0.1, 0.15) is 32.3 Å². The lowest BCUT2D eigenvalue weighted by Crippen LogP contribution is -2.59. The largest absolute Gasteiger partial charge is 0.508 e. The van der Waals surface area contributed by atoms with Crippen LogP contribution in [0.2, 0.25) is 0 Å². The van der Waals surface area contributed by atoms with Gasteiger partial charge in [0, 0.05) is 18.7 Å². The Bertz CT molecular complexity index is 953. The van der Waals surface area contributed by atoms with Gasteiger partial charge < -0.3 is 43.4 Å². The van der Waals surface area contributed by atoms with E-state index in [9.17, 15) is 29.4 Å². The summed E-state index contributed by atoms with van der Waals surface area (Å²) in [4.78, 5) is 54.0.